The number of aliphatic imine (C=N–C) groups is 1. The van der Waals surface area contributed by atoms with Crippen molar-refractivity contribution in [2.45, 2.75) is 26.4 Å². The number of carbonyl (C=O) groups is 1. The maximum atomic E-state index is 13.4. The van der Waals surface area contributed by atoms with Gasteiger partial charge in [-0.25, -0.2) is 10.1 Å². The number of pyridine rings is 1. The molecule has 176 valence electrons. The third-order valence-electron chi connectivity index (χ3n) is 5.49. The van der Waals surface area contributed by atoms with Crippen molar-refractivity contribution in [2.75, 3.05) is 12.3 Å². The van der Waals surface area contributed by atoms with Gasteiger partial charge in [-0.3, -0.25) is 9.63 Å². The minimum Gasteiger partial charge on any atom is -0.399 e. The summed E-state index contributed by atoms with van der Waals surface area (Å²) in [6.45, 7) is 9.74. The number of hydroxylamine groups is 2. The lowest BCUT2D eigenvalue weighted by atomic mass is 10.0. The number of nitrogens with zero attached hydrogens (tertiary/aromatic N) is 4. The van der Waals surface area contributed by atoms with E-state index in [4.69, 9.17) is 22.9 Å². The first-order valence-corrected chi connectivity index (χ1v) is 11.3. The Morgan fingerprint density at radius 1 is 1.11 bits per heavy atom. The molecule has 1 amide bonds. The first-order valence-electron chi connectivity index (χ1n) is 11.3. The lowest BCUT2D eigenvalue weighted by Gasteiger charge is -2.22. The molecule has 1 aliphatic heterocycles. The van der Waals surface area contributed by atoms with Crippen LogP contribution in [-0.4, -0.2) is 28.3 Å². The predicted molar refractivity (Wildman–Crippen MR) is 137 cm³/mol. The predicted octanol–water partition coefficient (Wildman–Crippen LogP) is 5.03. The topological polar surface area (TPSA) is 111 Å². The zero-order chi connectivity index (χ0) is 24.8. The largest absolute Gasteiger partial charge is 0.399 e. The number of fused-ring (bicyclic) bond motifs is 1. The van der Waals surface area contributed by atoms with Crippen LogP contribution in [0.1, 0.15) is 30.9 Å². The van der Waals surface area contributed by atoms with E-state index in [1.54, 1.807) is 24.4 Å². The van der Waals surface area contributed by atoms with Crippen molar-refractivity contribution in [1.82, 2.24) is 10.0 Å². The van der Waals surface area contributed by atoms with Crippen molar-refractivity contribution in [3.8, 4) is 11.1 Å². The van der Waals surface area contributed by atoms with Crippen molar-refractivity contribution in [2.24, 2.45) is 10.7 Å². The summed E-state index contributed by atoms with van der Waals surface area (Å²) in [5, 5.41) is 1.39. The number of carbonyl (C=O) groups excluding carboxylic acids is 1. The van der Waals surface area contributed by atoms with E-state index in [2.05, 4.69) is 14.8 Å². The second-order valence-corrected chi connectivity index (χ2v) is 8.16. The Morgan fingerprint density at radius 2 is 1.89 bits per heavy atom. The van der Waals surface area contributed by atoms with Gasteiger partial charge >= 0.3 is 0 Å². The molecule has 0 aliphatic carbocycles. The summed E-state index contributed by atoms with van der Waals surface area (Å²) in [5.41, 5.74) is 17.3. The summed E-state index contributed by atoms with van der Waals surface area (Å²) >= 11 is 0. The summed E-state index contributed by atoms with van der Waals surface area (Å²) in [6.07, 6.45) is 4.44. The Bertz CT molecular complexity index is 1320. The Kier molecular flexibility index (Phi) is 7.19. The fraction of sp³-hybridized carbons (Fsp3) is 0.185. The molecule has 0 unspecified atom stereocenters. The third kappa shape index (κ3) is 5.72. The Morgan fingerprint density at radius 3 is 2.57 bits per heavy atom. The second-order valence-electron chi connectivity index (χ2n) is 8.16. The van der Waals surface area contributed by atoms with Crippen LogP contribution < -0.4 is 11.5 Å². The average Bonchev–Trinajstić information content (AvgIpc) is 3.04. The normalized spacial score (nSPS) is 12.6. The molecule has 0 saturated heterocycles. The summed E-state index contributed by atoms with van der Waals surface area (Å²) in [4.78, 5) is 31.3. The Balaban J connectivity index is 1.58. The van der Waals surface area contributed by atoms with E-state index in [0.717, 1.165) is 28.7 Å². The summed E-state index contributed by atoms with van der Waals surface area (Å²) in [5.74, 6) is 0.445. The van der Waals surface area contributed by atoms with Gasteiger partial charge in [0.15, 0.2) is 0 Å². The van der Waals surface area contributed by atoms with Crippen LogP contribution in [0.15, 0.2) is 71.4 Å². The van der Waals surface area contributed by atoms with Crippen LogP contribution in [-0.2, 0) is 16.2 Å². The van der Waals surface area contributed by atoms with Gasteiger partial charge in [-0.05, 0) is 47.9 Å². The molecule has 2 heterocycles. The number of rotatable bonds is 7. The van der Waals surface area contributed by atoms with Gasteiger partial charge in [0.05, 0.1) is 5.69 Å². The molecule has 0 bridgehead atoms. The summed E-state index contributed by atoms with van der Waals surface area (Å²) in [6, 6.07) is 16.6. The number of benzene rings is 2. The van der Waals surface area contributed by atoms with E-state index >= 15 is 0 Å². The molecule has 8 nitrogen and oxygen atoms in total. The number of hydrogen-bond acceptors (Lipinski definition) is 6. The highest BCUT2D eigenvalue weighted by Gasteiger charge is 2.22. The number of amidine groups is 1. The molecular weight excluding hydrogens is 440 g/mol. The molecule has 8 heteroatoms. The number of aromatic nitrogens is 1. The fourth-order valence-electron chi connectivity index (χ4n) is 3.68. The van der Waals surface area contributed by atoms with Crippen molar-refractivity contribution in [3.63, 3.8) is 0 Å². The standard InChI is InChI=1S/C27H26N6O2/c1-3-12-33(35-17-18-4-9-23(28)10-5-18)27(34)22-13-20-7-6-19(14-24(20)32-25(29)15-22)21-8-11-26(30-2)31-16-21/h4-11,13-14,16H,3,12,15,17,28H2,1H3,(H2,29,32). The number of nitrogen functional groups attached to an aromatic ring is 1. The van der Waals surface area contributed by atoms with Gasteiger partial charge in [-0.1, -0.05) is 43.8 Å². The van der Waals surface area contributed by atoms with Crippen LogP contribution in [0.3, 0.4) is 0 Å². The highest BCUT2D eigenvalue weighted by atomic mass is 16.7. The molecule has 0 saturated carbocycles. The molecule has 0 radical (unpaired) electrons. The van der Waals surface area contributed by atoms with Crippen LogP contribution in [0.4, 0.5) is 17.2 Å². The zero-order valence-electron chi connectivity index (χ0n) is 19.4. The zero-order valence-corrected chi connectivity index (χ0v) is 19.4. The molecule has 2 aromatic carbocycles. The molecule has 35 heavy (non-hydrogen) atoms. The average molecular weight is 467 g/mol. The molecule has 0 atom stereocenters. The SMILES string of the molecule is [C-]#[N+]c1ccc(-c2ccc3c(c2)N=C(N)CC(C(=O)N(CCC)OCc2ccc(N)cc2)=C3)cn1. The van der Waals surface area contributed by atoms with Crippen LogP contribution in [0.25, 0.3) is 22.0 Å². The molecule has 3 aromatic rings. The van der Waals surface area contributed by atoms with Crippen LogP contribution >= 0.6 is 0 Å². The van der Waals surface area contributed by atoms with E-state index in [-0.39, 0.29) is 18.9 Å². The van der Waals surface area contributed by atoms with Gasteiger partial charge < -0.3 is 16.3 Å². The van der Waals surface area contributed by atoms with E-state index in [1.807, 2.05) is 49.4 Å². The lowest BCUT2D eigenvalue weighted by Crippen LogP contribution is -2.34. The molecule has 1 aromatic heterocycles. The molecule has 4 N–H and O–H groups in total. The molecule has 1 aliphatic rings. The number of hydrogen-bond donors (Lipinski definition) is 2. The highest BCUT2D eigenvalue weighted by Crippen LogP contribution is 2.32. The molecule has 0 fully saturated rings. The van der Waals surface area contributed by atoms with E-state index in [0.29, 0.717) is 35.1 Å². The third-order valence-corrected chi connectivity index (χ3v) is 5.49. The first kappa shape index (κ1) is 23.7. The number of anilines is 1. The van der Waals surface area contributed by atoms with E-state index in [9.17, 15) is 4.79 Å². The molecule has 4 rings (SSSR count). The second kappa shape index (κ2) is 10.6. The fourth-order valence-corrected chi connectivity index (χ4v) is 3.68. The van der Waals surface area contributed by atoms with E-state index < -0.39 is 0 Å². The first-order chi connectivity index (χ1) is 17.0. The maximum absolute atomic E-state index is 13.4. The van der Waals surface area contributed by atoms with Gasteiger partial charge in [0, 0.05) is 35.4 Å². The summed E-state index contributed by atoms with van der Waals surface area (Å²) < 4.78 is 0. The van der Waals surface area contributed by atoms with Gasteiger partial charge in [-0.2, -0.15) is 0 Å². The molecule has 0 spiro atoms. The lowest BCUT2D eigenvalue weighted by molar-refractivity contribution is -0.187. The number of amides is 1. The van der Waals surface area contributed by atoms with Gasteiger partial charge in [0.1, 0.15) is 18.6 Å². The van der Waals surface area contributed by atoms with Crippen molar-refractivity contribution in [1.29, 1.82) is 0 Å². The summed E-state index contributed by atoms with van der Waals surface area (Å²) in [7, 11) is 0. The Labute approximate surface area is 204 Å². The van der Waals surface area contributed by atoms with Crippen LogP contribution in [0, 0.1) is 6.57 Å². The van der Waals surface area contributed by atoms with Crippen LogP contribution in [0.5, 0.6) is 0 Å². The van der Waals surface area contributed by atoms with Gasteiger partial charge in [0.2, 0.25) is 0 Å². The highest BCUT2D eigenvalue weighted by molar-refractivity contribution is 6.05. The Hall–Kier alpha value is -4.48. The smallest absolute Gasteiger partial charge is 0.273 e. The van der Waals surface area contributed by atoms with Crippen molar-refractivity contribution in [3.05, 3.63) is 88.9 Å². The minimum atomic E-state index is -0.240. The minimum absolute atomic E-state index is 0.218. The van der Waals surface area contributed by atoms with E-state index in [1.165, 1.54) is 5.06 Å². The van der Waals surface area contributed by atoms with Gasteiger partial charge in [0.25, 0.3) is 11.7 Å². The van der Waals surface area contributed by atoms with Crippen molar-refractivity contribution < 1.29 is 9.63 Å². The van der Waals surface area contributed by atoms with Crippen LogP contribution in [0.2, 0.25) is 0 Å². The van der Waals surface area contributed by atoms with Crippen molar-refractivity contribution >= 4 is 35.0 Å². The number of nitrogens with two attached hydrogens (primary N) is 2. The molecular formula is C27H26N6O2. The quantitative estimate of drug-likeness (QED) is 0.288. The van der Waals surface area contributed by atoms with Gasteiger partial charge in [-0.15, -0.1) is 4.98 Å². The maximum Gasteiger partial charge on any atom is 0.273 e. The monoisotopic (exact) mass is 466 g/mol.